The zero-order chi connectivity index (χ0) is 13.1. The number of nitrogens with zero attached hydrogens (tertiary/aromatic N) is 1. The molecule has 0 spiro atoms. The number of rotatable bonds is 4. The average Bonchev–Trinajstić information content (AvgIpc) is 3.12. The number of carboxylic acid groups (broad SMARTS) is 1. The molecule has 0 unspecified atom stereocenters. The highest BCUT2D eigenvalue weighted by Crippen LogP contribution is 2.29. The Morgan fingerprint density at radius 2 is 1.72 bits per heavy atom. The second-order valence-electron chi connectivity index (χ2n) is 5.01. The maximum absolute atomic E-state index is 11.6. The van der Waals surface area contributed by atoms with Crippen molar-refractivity contribution in [2.75, 3.05) is 13.1 Å². The van der Waals surface area contributed by atoms with E-state index in [0.29, 0.717) is 25.9 Å². The molecule has 1 heterocycles. The molecule has 18 heavy (non-hydrogen) atoms. The van der Waals surface area contributed by atoms with Crippen LogP contribution >= 0.6 is 0 Å². The van der Waals surface area contributed by atoms with Gasteiger partial charge in [-0.25, -0.2) is 0 Å². The first-order chi connectivity index (χ1) is 8.56. The molecular formula is C12H18N2O4. The van der Waals surface area contributed by atoms with Gasteiger partial charge in [0, 0.05) is 25.0 Å². The Kier molecular flexibility index (Phi) is 3.84. The van der Waals surface area contributed by atoms with E-state index >= 15 is 0 Å². The predicted octanol–water partition coefficient (Wildman–Crippen LogP) is -0.0217. The Balaban J connectivity index is 1.71. The topological polar surface area (TPSA) is 86.7 Å². The first-order valence-corrected chi connectivity index (χ1v) is 6.36. The summed E-state index contributed by atoms with van der Waals surface area (Å²) in [5, 5.41) is 11.5. The van der Waals surface area contributed by atoms with Crippen LogP contribution in [-0.4, -0.2) is 46.9 Å². The van der Waals surface area contributed by atoms with E-state index in [9.17, 15) is 14.4 Å². The summed E-state index contributed by atoms with van der Waals surface area (Å²) in [5.41, 5.74) is 0. The molecule has 1 aliphatic heterocycles. The van der Waals surface area contributed by atoms with Crippen LogP contribution in [0.15, 0.2) is 0 Å². The summed E-state index contributed by atoms with van der Waals surface area (Å²) in [4.78, 5) is 35.1. The van der Waals surface area contributed by atoms with Gasteiger partial charge in [-0.15, -0.1) is 0 Å². The smallest absolute Gasteiger partial charge is 0.312 e. The van der Waals surface area contributed by atoms with E-state index in [1.165, 1.54) is 0 Å². The first-order valence-electron chi connectivity index (χ1n) is 6.36. The Hall–Kier alpha value is -1.59. The van der Waals surface area contributed by atoms with E-state index in [-0.39, 0.29) is 23.8 Å². The molecule has 0 bridgehead atoms. The second kappa shape index (κ2) is 5.37. The SMILES string of the molecule is O=C(O)CC(=O)N1CCC(NC(=O)C2CC2)CC1. The van der Waals surface area contributed by atoms with Crippen molar-refractivity contribution in [1.29, 1.82) is 0 Å². The van der Waals surface area contributed by atoms with E-state index in [1.54, 1.807) is 4.90 Å². The highest BCUT2D eigenvalue weighted by molar-refractivity contribution is 5.93. The minimum atomic E-state index is -1.09. The van der Waals surface area contributed by atoms with Crippen molar-refractivity contribution in [1.82, 2.24) is 10.2 Å². The molecule has 2 N–H and O–H groups in total. The van der Waals surface area contributed by atoms with Gasteiger partial charge in [-0.3, -0.25) is 14.4 Å². The minimum Gasteiger partial charge on any atom is -0.481 e. The van der Waals surface area contributed by atoms with E-state index in [0.717, 1.165) is 12.8 Å². The number of hydrogen-bond acceptors (Lipinski definition) is 3. The molecule has 2 aliphatic rings. The molecule has 6 nitrogen and oxygen atoms in total. The Morgan fingerprint density at radius 3 is 2.22 bits per heavy atom. The highest BCUT2D eigenvalue weighted by Gasteiger charge is 2.32. The van der Waals surface area contributed by atoms with Crippen LogP contribution in [0, 0.1) is 5.92 Å². The quantitative estimate of drug-likeness (QED) is 0.690. The number of aliphatic carboxylic acids is 1. The van der Waals surface area contributed by atoms with Gasteiger partial charge in [0.1, 0.15) is 6.42 Å². The molecule has 0 radical (unpaired) electrons. The standard InChI is InChI=1S/C12H18N2O4/c15-10(7-11(16)17)14-5-3-9(4-6-14)13-12(18)8-1-2-8/h8-9H,1-7H2,(H,13,18)(H,16,17). The predicted molar refractivity (Wildman–Crippen MR) is 62.7 cm³/mol. The summed E-state index contributed by atoms with van der Waals surface area (Å²) in [7, 11) is 0. The number of piperidine rings is 1. The van der Waals surface area contributed by atoms with Gasteiger partial charge < -0.3 is 15.3 Å². The molecule has 0 atom stereocenters. The lowest BCUT2D eigenvalue weighted by atomic mass is 10.0. The van der Waals surface area contributed by atoms with Gasteiger partial charge in [-0.2, -0.15) is 0 Å². The van der Waals surface area contributed by atoms with Crippen molar-refractivity contribution < 1.29 is 19.5 Å². The Labute approximate surface area is 105 Å². The van der Waals surface area contributed by atoms with Crippen LogP contribution in [0.2, 0.25) is 0 Å². The molecule has 0 aromatic heterocycles. The zero-order valence-electron chi connectivity index (χ0n) is 10.2. The van der Waals surface area contributed by atoms with Crippen LogP contribution in [0.3, 0.4) is 0 Å². The van der Waals surface area contributed by atoms with Crippen LogP contribution in [0.4, 0.5) is 0 Å². The number of nitrogens with one attached hydrogen (secondary N) is 1. The maximum atomic E-state index is 11.6. The van der Waals surface area contributed by atoms with Gasteiger partial charge >= 0.3 is 5.97 Å². The van der Waals surface area contributed by atoms with Crippen molar-refractivity contribution in [2.24, 2.45) is 5.92 Å². The van der Waals surface area contributed by atoms with Crippen LogP contribution in [0.1, 0.15) is 32.1 Å². The molecule has 1 aliphatic carbocycles. The van der Waals surface area contributed by atoms with Gasteiger partial charge in [0.2, 0.25) is 11.8 Å². The summed E-state index contributed by atoms with van der Waals surface area (Å²) in [6.45, 7) is 1.06. The summed E-state index contributed by atoms with van der Waals surface area (Å²) in [6.07, 6.45) is 2.95. The number of carboxylic acids is 1. The number of amides is 2. The van der Waals surface area contributed by atoms with Crippen molar-refractivity contribution in [2.45, 2.75) is 38.1 Å². The lowest BCUT2D eigenvalue weighted by Crippen LogP contribution is -2.47. The number of carbonyl (C=O) groups is 3. The zero-order valence-corrected chi connectivity index (χ0v) is 10.2. The molecule has 0 aromatic rings. The first kappa shape index (κ1) is 12.9. The van der Waals surface area contributed by atoms with Gasteiger partial charge in [-0.1, -0.05) is 0 Å². The fourth-order valence-corrected chi connectivity index (χ4v) is 2.18. The largest absolute Gasteiger partial charge is 0.481 e. The number of carbonyl (C=O) groups excluding carboxylic acids is 2. The van der Waals surface area contributed by atoms with E-state index < -0.39 is 12.4 Å². The average molecular weight is 254 g/mol. The van der Waals surface area contributed by atoms with Crippen molar-refractivity contribution in [3.63, 3.8) is 0 Å². The molecule has 2 rings (SSSR count). The minimum absolute atomic E-state index is 0.130. The van der Waals surface area contributed by atoms with Crippen LogP contribution < -0.4 is 5.32 Å². The number of hydrogen-bond donors (Lipinski definition) is 2. The van der Waals surface area contributed by atoms with E-state index in [4.69, 9.17) is 5.11 Å². The lowest BCUT2D eigenvalue weighted by molar-refractivity contribution is -0.144. The van der Waals surface area contributed by atoms with Crippen LogP contribution in [0.25, 0.3) is 0 Å². The van der Waals surface area contributed by atoms with Crippen molar-refractivity contribution in [3.8, 4) is 0 Å². The van der Waals surface area contributed by atoms with Gasteiger partial charge in [0.15, 0.2) is 0 Å². The van der Waals surface area contributed by atoms with Crippen molar-refractivity contribution >= 4 is 17.8 Å². The van der Waals surface area contributed by atoms with E-state index in [1.807, 2.05) is 0 Å². The fourth-order valence-electron chi connectivity index (χ4n) is 2.18. The third-order valence-corrected chi connectivity index (χ3v) is 3.44. The number of likely N-dealkylation sites (tertiary alicyclic amines) is 1. The van der Waals surface area contributed by atoms with Gasteiger partial charge in [0.05, 0.1) is 0 Å². The third-order valence-electron chi connectivity index (χ3n) is 3.44. The normalized spacial score (nSPS) is 20.6. The van der Waals surface area contributed by atoms with Crippen molar-refractivity contribution in [3.05, 3.63) is 0 Å². The fraction of sp³-hybridized carbons (Fsp3) is 0.750. The Morgan fingerprint density at radius 1 is 1.11 bits per heavy atom. The molecule has 1 saturated heterocycles. The van der Waals surface area contributed by atoms with Gasteiger partial charge in [-0.05, 0) is 25.7 Å². The lowest BCUT2D eigenvalue weighted by Gasteiger charge is -2.32. The van der Waals surface area contributed by atoms with Crippen LogP contribution in [0.5, 0.6) is 0 Å². The summed E-state index contributed by atoms with van der Waals surface area (Å²) in [5.74, 6) is -1.10. The van der Waals surface area contributed by atoms with E-state index in [2.05, 4.69) is 5.32 Å². The molecule has 100 valence electrons. The summed E-state index contributed by atoms with van der Waals surface area (Å²) < 4.78 is 0. The molecule has 2 fully saturated rings. The third kappa shape index (κ3) is 3.45. The highest BCUT2D eigenvalue weighted by atomic mass is 16.4. The molecular weight excluding hydrogens is 236 g/mol. The molecule has 2 amide bonds. The monoisotopic (exact) mass is 254 g/mol. The molecule has 0 aromatic carbocycles. The summed E-state index contributed by atoms with van der Waals surface area (Å²) in [6, 6.07) is 0.131. The molecule has 1 saturated carbocycles. The van der Waals surface area contributed by atoms with Gasteiger partial charge in [0.25, 0.3) is 0 Å². The second-order valence-corrected chi connectivity index (χ2v) is 5.01. The Bertz CT molecular complexity index is 357. The maximum Gasteiger partial charge on any atom is 0.312 e. The summed E-state index contributed by atoms with van der Waals surface area (Å²) >= 11 is 0. The molecule has 6 heteroatoms. The van der Waals surface area contributed by atoms with Crippen LogP contribution in [-0.2, 0) is 14.4 Å².